The van der Waals surface area contributed by atoms with Crippen molar-refractivity contribution in [1.29, 1.82) is 0 Å². The Balaban J connectivity index is 2.45. The van der Waals surface area contributed by atoms with Crippen LogP contribution in [-0.4, -0.2) is 24.2 Å². The minimum Gasteiger partial charge on any atom is -0.508 e. The molecule has 2 aromatic carbocycles. The van der Waals surface area contributed by atoms with Gasteiger partial charge >= 0.3 is 0 Å². The van der Waals surface area contributed by atoms with E-state index in [1.165, 1.54) is 44.2 Å². The SMILES string of the molecule is COc1cc(Sc2ccc(O)cc2)c([N+](=O)[O-])cc1OC. The van der Waals surface area contributed by atoms with Crippen LogP contribution in [0.15, 0.2) is 46.2 Å². The molecule has 0 bridgehead atoms. The van der Waals surface area contributed by atoms with Gasteiger partial charge in [-0.15, -0.1) is 0 Å². The second kappa shape index (κ2) is 6.36. The molecule has 6 nitrogen and oxygen atoms in total. The average molecular weight is 307 g/mol. The number of hydrogen-bond donors (Lipinski definition) is 1. The fourth-order valence-electron chi connectivity index (χ4n) is 1.72. The lowest BCUT2D eigenvalue weighted by Gasteiger charge is -2.10. The number of hydrogen-bond acceptors (Lipinski definition) is 6. The number of phenolic OH excluding ortho intramolecular Hbond substituents is 1. The predicted molar refractivity (Wildman–Crippen MR) is 78.4 cm³/mol. The molecule has 2 rings (SSSR count). The Kier molecular flexibility index (Phi) is 4.54. The molecule has 0 aliphatic heterocycles. The standard InChI is InChI=1S/C14H13NO5S/c1-19-12-7-11(15(17)18)14(8-13(12)20-2)21-10-5-3-9(16)4-6-10/h3-8,16H,1-2H3. The van der Waals surface area contributed by atoms with Crippen molar-refractivity contribution in [3.8, 4) is 17.2 Å². The first-order valence-corrected chi connectivity index (χ1v) is 6.74. The Morgan fingerprint density at radius 3 is 2.19 bits per heavy atom. The Bertz CT molecular complexity index is 657. The van der Waals surface area contributed by atoms with Gasteiger partial charge in [0.05, 0.1) is 30.1 Å². The van der Waals surface area contributed by atoms with Crippen molar-refractivity contribution in [2.45, 2.75) is 9.79 Å². The summed E-state index contributed by atoms with van der Waals surface area (Å²) in [5.74, 6) is 0.866. The van der Waals surface area contributed by atoms with Crippen LogP contribution in [-0.2, 0) is 0 Å². The van der Waals surface area contributed by atoms with E-state index < -0.39 is 4.92 Å². The van der Waals surface area contributed by atoms with Gasteiger partial charge in [0.15, 0.2) is 11.5 Å². The fraction of sp³-hybridized carbons (Fsp3) is 0.143. The van der Waals surface area contributed by atoms with Crippen LogP contribution in [0.2, 0.25) is 0 Å². The second-order valence-electron chi connectivity index (χ2n) is 4.03. The van der Waals surface area contributed by atoms with E-state index in [0.29, 0.717) is 16.4 Å². The van der Waals surface area contributed by atoms with Gasteiger partial charge in [-0.3, -0.25) is 10.1 Å². The molecule has 0 spiro atoms. The number of methoxy groups -OCH3 is 2. The molecule has 110 valence electrons. The quantitative estimate of drug-likeness (QED) is 0.673. The van der Waals surface area contributed by atoms with Crippen molar-refractivity contribution >= 4 is 17.4 Å². The summed E-state index contributed by atoms with van der Waals surface area (Å²) >= 11 is 1.21. The lowest BCUT2D eigenvalue weighted by Crippen LogP contribution is -1.96. The van der Waals surface area contributed by atoms with Gasteiger partial charge in [0, 0.05) is 11.0 Å². The zero-order valence-corrected chi connectivity index (χ0v) is 12.2. The predicted octanol–water partition coefficient (Wildman–Crippen LogP) is 3.47. The molecule has 0 fully saturated rings. The van der Waals surface area contributed by atoms with E-state index in [4.69, 9.17) is 9.47 Å². The number of ether oxygens (including phenoxy) is 2. The molecule has 0 aliphatic rings. The number of benzene rings is 2. The Labute approximate surface area is 125 Å². The van der Waals surface area contributed by atoms with Gasteiger partial charge < -0.3 is 14.6 Å². The molecule has 21 heavy (non-hydrogen) atoms. The number of nitrogens with zero attached hydrogens (tertiary/aromatic N) is 1. The summed E-state index contributed by atoms with van der Waals surface area (Å²) in [7, 11) is 2.90. The van der Waals surface area contributed by atoms with Crippen molar-refractivity contribution in [3.63, 3.8) is 0 Å². The zero-order valence-electron chi connectivity index (χ0n) is 11.4. The van der Waals surface area contributed by atoms with Crippen LogP contribution in [0.4, 0.5) is 5.69 Å². The van der Waals surface area contributed by atoms with Crippen molar-refractivity contribution in [2.24, 2.45) is 0 Å². The lowest BCUT2D eigenvalue weighted by atomic mass is 10.3. The normalized spacial score (nSPS) is 10.2. The van der Waals surface area contributed by atoms with E-state index >= 15 is 0 Å². The molecular weight excluding hydrogens is 294 g/mol. The molecular formula is C14H13NO5S. The molecule has 0 atom stereocenters. The summed E-state index contributed by atoms with van der Waals surface area (Å²) in [6.45, 7) is 0. The van der Waals surface area contributed by atoms with Gasteiger partial charge in [-0.2, -0.15) is 0 Å². The van der Waals surface area contributed by atoms with Gasteiger partial charge in [0.1, 0.15) is 5.75 Å². The van der Waals surface area contributed by atoms with Crippen LogP contribution >= 0.6 is 11.8 Å². The molecule has 0 amide bonds. The number of rotatable bonds is 5. The van der Waals surface area contributed by atoms with Crippen molar-refractivity contribution in [1.82, 2.24) is 0 Å². The molecule has 1 N–H and O–H groups in total. The second-order valence-corrected chi connectivity index (χ2v) is 5.14. The maximum atomic E-state index is 11.2. The van der Waals surface area contributed by atoms with Crippen LogP contribution in [0, 0.1) is 10.1 Å². The monoisotopic (exact) mass is 307 g/mol. The minimum atomic E-state index is -0.468. The Morgan fingerprint density at radius 2 is 1.67 bits per heavy atom. The smallest absolute Gasteiger partial charge is 0.287 e. The Morgan fingerprint density at radius 1 is 1.10 bits per heavy atom. The molecule has 0 aromatic heterocycles. The number of aromatic hydroxyl groups is 1. The molecule has 0 heterocycles. The number of nitro benzene ring substituents is 1. The molecule has 0 saturated carbocycles. The lowest BCUT2D eigenvalue weighted by molar-refractivity contribution is -0.387. The summed E-state index contributed by atoms with van der Waals surface area (Å²) in [6.07, 6.45) is 0. The van der Waals surface area contributed by atoms with Gasteiger partial charge in [-0.05, 0) is 24.3 Å². The molecule has 0 radical (unpaired) electrons. The molecule has 0 saturated heterocycles. The molecule has 0 unspecified atom stereocenters. The van der Waals surface area contributed by atoms with Crippen molar-refractivity contribution in [3.05, 3.63) is 46.5 Å². The summed E-state index contributed by atoms with van der Waals surface area (Å²) in [5.41, 5.74) is -0.0641. The highest BCUT2D eigenvalue weighted by molar-refractivity contribution is 7.99. The number of phenols is 1. The third-order valence-corrected chi connectivity index (χ3v) is 3.78. The average Bonchev–Trinajstić information content (AvgIpc) is 2.48. The van der Waals surface area contributed by atoms with Crippen LogP contribution < -0.4 is 9.47 Å². The minimum absolute atomic E-state index is 0.0641. The zero-order chi connectivity index (χ0) is 15.4. The summed E-state index contributed by atoms with van der Waals surface area (Å²) < 4.78 is 10.2. The Hall–Kier alpha value is -2.41. The largest absolute Gasteiger partial charge is 0.508 e. The maximum Gasteiger partial charge on any atom is 0.287 e. The van der Waals surface area contributed by atoms with Gasteiger partial charge in [0.2, 0.25) is 0 Å². The van der Waals surface area contributed by atoms with E-state index in [1.807, 2.05) is 0 Å². The summed E-state index contributed by atoms with van der Waals surface area (Å²) in [5, 5.41) is 20.5. The fourth-order valence-corrected chi connectivity index (χ4v) is 2.65. The first-order valence-electron chi connectivity index (χ1n) is 5.92. The van der Waals surface area contributed by atoms with Crippen LogP contribution in [0.3, 0.4) is 0 Å². The number of nitro groups is 1. The molecule has 0 aliphatic carbocycles. The van der Waals surface area contributed by atoms with E-state index in [9.17, 15) is 15.2 Å². The van der Waals surface area contributed by atoms with Gasteiger partial charge in [-0.25, -0.2) is 0 Å². The highest BCUT2D eigenvalue weighted by Gasteiger charge is 2.20. The van der Waals surface area contributed by atoms with Crippen LogP contribution in [0.25, 0.3) is 0 Å². The molecule has 7 heteroatoms. The van der Waals surface area contributed by atoms with Gasteiger partial charge in [0.25, 0.3) is 5.69 Å². The van der Waals surface area contributed by atoms with Crippen molar-refractivity contribution in [2.75, 3.05) is 14.2 Å². The third kappa shape index (κ3) is 3.38. The highest BCUT2D eigenvalue weighted by atomic mass is 32.2. The van der Waals surface area contributed by atoms with Crippen molar-refractivity contribution < 1.29 is 19.5 Å². The first kappa shape index (κ1) is 15.0. The van der Waals surface area contributed by atoms with E-state index in [-0.39, 0.29) is 11.4 Å². The first-order chi connectivity index (χ1) is 10.0. The third-order valence-electron chi connectivity index (χ3n) is 2.73. The highest BCUT2D eigenvalue weighted by Crippen LogP contribution is 2.42. The van der Waals surface area contributed by atoms with E-state index in [1.54, 1.807) is 18.2 Å². The topological polar surface area (TPSA) is 81.8 Å². The van der Waals surface area contributed by atoms with E-state index in [0.717, 1.165) is 4.90 Å². The summed E-state index contributed by atoms with van der Waals surface area (Å²) in [6, 6.07) is 9.31. The molecule has 2 aromatic rings. The van der Waals surface area contributed by atoms with Gasteiger partial charge in [-0.1, -0.05) is 11.8 Å². The van der Waals surface area contributed by atoms with Crippen LogP contribution in [0.1, 0.15) is 0 Å². The summed E-state index contributed by atoms with van der Waals surface area (Å²) in [4.78, 5) is 11.9. The van der Waals surface area contributed by atoms with Crippen LogP contribution in [0.5, 0.6) is 17.2 Å². The van der Waals surface area contributed by atoms with E-state index in [2.05, 4.69) is 0 Å². The maximum absolute atomic E-state index is 11.2.